The van der Waals surface area contributed by atoms with Gasteiger partial charge in [-0.05, 0) is 23.3 Å². The molecule has 0 aliphatic carbocycles. The van der Waals surface area contributed by atoms with Crippen LogP contribution in [0.15, 0.2) is 59.5 Å². The molecular weight excluding hydrogens is 312 g/mol. The van der Waals surface area contributed by atoms with E-state index in [0.29, 0.717) is 31.1 Å². The first-order valence-electron chi connectivity index (χ1n) is 7.58. The van der Waals surface area contributed by atoms with E-state index in [9.17, 15) is 8.42 Å². The first kappa shape index (κ1) is 16.1. The lowest BCUT2D eigenvalue weighted by Gasteiger charge is -2.31. The number of sulfonamides is 1. The van der Waals surface area contributed by atoms with E-state index in [4.69, 9.17) is 10.5 Å². The molecule has 1 heterocycles. The van der Waals surface area contributed by atoms with E-state index in [0.717, 1.165) is 11.1 Å². The van der Waals surface area contributed by atoms with Gasteiger partial charge in [-0.1, -0.05) is 42.5 Å². The molecule has 0 saturated carbocycles. The van der Waals surface area contributed by atoms with Crippen LogP contribution in [0, 0.1) is 0 Å². The summed E-state index contributed by atoms with van der Waals surface area (Å²) in [7, 11) is -3.54. The maximum Gasteiger partial charge on any atom is 0.243 e. The lowest BCUT2D eigenvalue weighted by atomic mass is 10.1. The molecule has 2 N–H and O–H groups in total. The normalized spacial score (nSPS) is 19.6. The quantitative estimate of drug-likeness (QED) is 0.925. The first-order chi connectivity index (χ1) is 11.1. The lowest BCUT2D eigenvalue weighted by molar-refractivity contribution is 0.00451. The van der Waals surface area contributed by atoms with Crippen LogP contribution in [0.5, 0.6) is 0 Å². The molecule has 1 aliphatic heterocycles. The van der Waals surface area contributed by atoms with Gasteiger partial charge in [0.2, 0.25) is 10.0 Å². The van der Waals surface area contributed by atoms with Crippen molar-refractivity contribution in [3.05, 3.63) is 54.6 Å². The SMILES string of the molecule is NCC1CN(S(=O)(=O)c2cccc(-c3ccccc3)c2)CCO1. The molecular formula is C17H20N2O3S. The molecule has 0 bridgehead atoms. The molecule has 0 aromatic heterocycles. The largest absolute Gasteiger partial charge is 0.374 e. The summed E-state index contributed by atoms with van der Waals surface area (Å²) in [5.41, 5.74) is 7.48. The summed E-state index contributed by atoms with van der Waals surface area (Å²) in [6.45, 7) is 1.35. The number of hydrogen-bond donors (Lipinski definition) is 1. The molecule has 1 fully saturated rings. The monoisotopic (exact) mass is 332 g/mol. The van der Waals surface area contributed by atoms with Gasteiger partial charge < -0.3 is 10.5 Å². The molecule has 122 valence electrons. The lowest BCUT2D eigenvalue weighted by Crippen LogP contribution is -2.48. The van der Waals surface area contributed by atoms with Crippen LogP contribution in [0.2, 0.25) is 0 Å². The van der Waals surface area contributed by atoms with Crippen LogP contribution >= 0.6 is 0 Å². The van der Waals surface area contributed by atoms with Crippen LogP contribution < -0.4 is 5.73 Å². The predicted octanol–water partition coefficient (Wildman–Crippen LogP) is 1.70. The molecule has 23 heavy (non-hydrogen) atoms. The second-order valence-electron chi connectivity index (χ2n) is 5.49. The summed E-state index contributed by atoms with van der Waals surface area (Å²) in [5.74, 6) is 0. The van der Waals surface area contributed by atoms with Crippen LogP contribution in [0.3, 0.4) is 0 Å². The van der Waals surface area contributed by atoms with Gasteiger partial charge in [-0.3, -0.25) is 0 Å². The first-order valence-corrected chi connectivity index (χ1v) is 9.02. The Morgan fingerprint density at radius 2 is 1.83 bits per heavy atom. The molecule has 0 spiro atoms. The van der Waals surface area contributed by atoms with Gasteiger partial charge in [0.15, 0.2) is 0 Å². The van der Waals surface area contributed by atoms with E-state index in [-0.39, 0.29) is 6.10 Å². The number of ether oxygens (including phenoxy) is 1. The van der Waals surface area contributed by atoms with Crippen LogP contribution in [-0.2, 0) is 14.8 Å². The maximum absolute atomic E-state index is 12.9. The Balaban J connectivity index is 1.91. The Kier molecular flexibility index (Phi) is 4.77. The highest BCUT2D eigenvalue weighted by Crippen LogP contribution is 2.25. The van der Waals surface area contributed by atoms with Gasteiger partial charge in [-0.2, -0.15) is 4.31 Å². The van der Waals surface area contributed by atoms with Crippen LogP contribution in [0.25, 0.3) is 11.1 Å². The number of nitrogens with two attached hydrogens (primary N) is 1. The van der Waals surface area contributed by atoms with Crippen molar-refractivity contribution in [3.63, 3.8) is 0 Å². The molecule has 1 aliphatic rings. The minimum Gasteiger partial charge on any atom is -0.374 e. The molecule has 0 amide bonds. The maximum atomic E-state index is 12.9. The average molecular weight is 332 g/mol. The van der Waals surface area contributed by atoms with E-state index in [1.54, 1.807) is 18.2 Å². The summed E-state index contributed by atoms with van der Waals surface area (Å²) < 4.78 is 32.6. The van der Waals surface area contributed by atoms with Gasteiger partial charge >= 0.3 is 0 Å². The fourth-order valence-corrected chi connectivity index (χ4v) is 4.17. The van der Waals surface area contributed by atoms with Crippen molar-refractivity contribution in [3.8, 4) is 11.1 Å². The Bertz CT molecular complexity index is 762. The van der Waals surface area contributed by atoms with Crippen molar-refractivity contribution < 1.29 is 13.2 Å². The Hall–Kier alpha value is -1.73. The minimum absolute atomic E-state index is 0.240. The Morgan fingerprint density at radius 1 is 1.09 bits per heavy atom. The van der Waals surface area contributed by atoms with Crippen molar-refractivity contribution in [1.29, 1.82) is 0 Å². The van der Waals surface area contributed by atoms with Gasteiger partial charge in [0.25, 0.3) is 0 Å². The van der Waals surface area contributed by atoms with Crippen LogP contribution in [0.4, 0.5) is 0 Å². The number of nitrogens with zero attached hydrogens (tertiary/aromatic N) is 1. The second-order valence-corrected chi connectivity index (χ2v) is 7.42. The fraction of sp³-hybridized carbons (Fsp3) is 0.294. The zero-order valence-corrected chi connectivity index (χ0v) is 13.6. The average Bonchev–Trinajstić information content (AvgIpc) is 2.62. The molecule has 2 aromatic rings. The number of benzene rings is 2. The Labute approximate surface area is 136 Å². The van der Waals surface area contributed by atoms with Gasteiger partial charge in [-0.15, -0.1) is 0 Å². The van der Waals surface area contributed by atoms with E-state index < -0.39 is 10.0 Å². The third kappa shape index (κ3) is 3.45. The van der Waals surface area contributed by atoms with Crippen molar-refractivity contribution in [2.75, 3.05) is 26.2 Å². The molecule has 6 heteroatoms. The highest BCUT2D eigenvalue weighted by molar-refractivity contribution is 7.89. The zero-order chi connectivity index (χ0) is 16.3. The summed E-state index contributed by atoms with van der Waals surface area (Å²) >= 11 is 0. The van der Waals surface area contributed by atoms with Gasteiger partial charge in [0.05, 0.1) is 17.6 Å². The molecule has 5 nitrogen and oxygen atoms in total. The summed E-state index contributed by atoms with van der Waals surface area (Å²) in [5, 5.41) is 0. The van der Waals surface area contributed by atoms with E-state index >= 15 is 0 Å². The molecule has 2 aromatic carbocycles. The molecule has 0 radical (unpaired) electrons. The van der Waals surface area contributed by atoms with Crippen molar-refractivity contribution in [1.82, 2.24) is 4.31 Å². The summed E-state index contributed by atoms with van der Waals surface area (Å²) in [4.78, 5) is 0.302. The highest BCUT2D eigenvalue weighted by atomic mass is 32.2. The number of hydrogen-bond acceptors (Lipinski definition) is 4. The molecule has 1 atom stereocenters. The van der Waals surface area contributed by atoms with E-state index in [1.807, 2.05) is 36.4 Å². The van der Waals surface area contributed by atoms with Gasteiger partial charge in [-0.25, -0.2) is 8.42 Å². The van der Waals surface area contributed by atoms with Crippen molar-refractivity contribution >= 4 is 10.0 Å². The predicted molar refractivity (Wildman–Crippen MR) is 89.4 cm³/mol. The second kappa shape index (κ2) is 6.80. The number of morpholine rings is 1. The minimum atomic E-state index is -3.54. The van der Waals surface area contributed by atoms with Crippen LogP contribution in [-0.4, -0.2) is 45.1 Å². The fourth-order valence-electron chi connectivity index (χ4n) is 2.67. The van der Waals surface area contributed by atoms with Gasteiger partial charge in [0.1, 0.15) is 0 Å². The highest BCUT2D eigenvalue weighted by Gasteiger charge is 2.30. The van der Waals surface area contributed by atoms with Crippen molar-refractivity contribution in [2.45, 2.75) is 11.0 Å². The van der Waals surface area contributed by atoms with E-state index in [1.165, 1.54) is 4.31 Å². The van der Waals surface area contributed by atoms with Crippen molar-refractivity contribution in [2.24, 2.45) is 5.73 Å². The third-order valence-corrected chi connectivity index (χ3v) is 5.80. The standard InChI is InChI=1S/C17H20N2O3S/c18-12-16-13-19(9-10-22-16)23(20,21)17-8-4-7-15(11-17)14-5-2-1-3-6-14/h1-8,11,16H,9-10,12-13,18H2. The topological polar surface area (TPSA) is 72.6 Å². The summed E-state index contributed by atoms with van der Waals surface area (Å²) in [6.07, 6.45) is -0.240. The zero-order valence-electron chi connectivity index (χ0n) is 12.8. The number of rotatable bonds is 4. The summed E-state index contributed by atoms with van der Waals surface area (Å²) in [6, 6.07) is 16.8. The molecule has 1 saturated heterocycles. The third-order valence-electron chi connectivity index (χ3n) is 3.94. The van der Waals surface area contributed by atoms with Crippen LogP contribution in [0.1, 0.15) is 0 Å². The Morgan fingerprint density at radius 3 is 2.57 bits per heavy atom. The smallest absolute Gasteiger partial charge is 0.243 e. The molecule has 3 rings (SSSR count). The van der Waals surface area contributed by atoms with E-state index in [2.05, 4.69) is 0 Å². The molecule has 1 unspecified atom stereocenters. The van der Waals surface area contributed by atoms with Gasteiger partial charge in [0, 0.05) is 19.6 Å².